The molecule has 4 nitrogen and oxygen atoms in total. The van der Waals surface area contributed by atoms with Crippen LogP contribution in [0.3, 0.4) is 0 Å². The predicted molar refractivity (Wildman–Crippen MR) is 67.5 cm³/mol. The third-order valence-corrected chi connectivity index (χ3v) is 5.55. The fraction of sp³-hybridized carbons (Fsp3) is 0.500. The normalized spacial score (nSPS) is 16.9. The van der Waals surface area contributed by atoms with E-state index in [1.165, 1.54) is 16.4 Å². The lowest BCUT2D eigenvalue weighted by Gasteiger charge is -2.35. The van der Waals surface area contributed by atoms with Crippen LogP contribution in [0.5, 0.6) is 0 Å². The maximum atomic E-state index is 13.2. The standard InChI is InChI=1S/C12H17FN2O2S/c1-8-4-10(13)5-9(2)12(8)18(16,17)15(3)11-6-14-7-11/h4-5,11,14H,6-7H2,1-3H3. The van der Waals surface area contributed by atoms with E-state index in [0.29, 0.717) is 24.2 Å². The average Bonchev–Trinajstić information content (AvgIpc) is 2.11. The molecule has 0 aliphatic carbocycles. The molecule has 0 aromatic heterocycles. The van der Waals surface area contributed by atoms with Crippen molar-refractivity contribution in [2.24, 2.45) is 0 Å². The van der Waals surface area contributed by atoms with E-state index in [1.54, 1.807) is 20.9 Å². The minimum atomic E-state index is -3.55. The number of aryl methyl sites for hydroxylation is 2. The van der Waals surface area contributed by atoms with E-state index < -0.39 is 15.8 Å². The highest BCUT2D eigenvalue weighted by atomic mass is 32.2. The average molecular weight is 272 g/mol. The number of rotatable bonds is 3. The minimum absolute atomic E-state index is 0.0150. The summed E-state index contributed by atoms with van der Waals surface area (Å²) in [7, 11) is -1.98. The van der Waals surface area contributed by atoms with Crippen LogP contribution >= 0.6 is 0 Å². The highest BCUT2D eigenvalue weighted by Crippen LogP contribution is 2.25. The van der Waals surface area contributed by atoms with Gasteiger partial charge in [-0.2, -0.15) is 4.31 Å². The van der Waals surface area contributed by atoms with Gasteiger partial charge in [0.05, 0.1) is 4.90 Å². The molecule has 1 saturated heterocycles. The van der Waals surface area contributed by atoms with E-state index in [4.69, 9.17) is 0 Å². The zero-order valence-corrected chi connectivity index (χ0v) is 11.5. The molecular formula is C12H17FN2O2S. The molecule has 100 valence electrons. The van der Waals surface area contributed by atoms with E-state index >= 15 is 0 Å². The van der Waals surface area contributed by atoms with Gasteiger partial charge in [-0.05, 0) is 37.1 Å². The van der Waals surface area contributed by atoms with Crippen molar-refractivity contribution in [1.29, 1.82) is 0 Å². The van der Waals surface area contributed by atoms with Crippen molar-refractivity contribution < 1.29 is 12.8 Å². The summed E-state index contributed by atoms with van der Waals surface area (Å²) in [6.07, 6.45) is 0. The van der Waals surface area contributed by atoms with Crippen LogP contribution in [0.25, 0.3) is 0 Å². The molecule has 0 radical (unpaired) electrons. The molecule has 1 fully saturated rings. The number of nitrogens with zero attached hydrogens (tertiary/aromatic N) is 1. The summed E-state index contributed by atoms with van der Waals surface area (Å²) in [5.74, 6) is -0.406. The molecule has 0 saturated carbocycles. The van der Waals surface area contributed by atoms with Crippen LogP contribution in [0.4, 0.5) is 4.39 Å². The van der Waals surface area contributed by atoms with Crippen LogP contribution in [-0.4, -0.2) is 38.9 Å². The zero-order chi connectivity index (χ0) is 13.5. The van der Waals surface area contributed by atoms with Gasteiger partial charge < -0.3 is 5.32 Å². The molecule has 0 bridgehead atoms. The fourth-order valence-corrected chi connectivity index (χ4v) is 3.94. The summed E-state index contributed by atoms with van der Waals surface area (Å²) < 4.78 is 39.6. The number of hydrogen-bond acceptors (Lipinski definition) is 3. The summed E-state index contributed by atoms with van der Waals surface area (Å²) in [6.45, 7) is 4.57. The smallest absolute Gasteiger partial charge is 0.243 e. The van der Waals surface area contributed by atoms with Crippen molar-refractivity contribution in [3.05, 3.63) is 29.1 Å². The number of nitrogens with one attached hydrogen (secondary N) is 1. The Kier molecular flexibility index (Phi) is 3.44. The summed E-state index contributed by atoms with van der Waals surface area (Å²) >= 11 is 0. The van der Waals surface area contributed by atoms with Crippen LogP contribution < -0.4 is 5.32 Å². The van der Waals surface area contributed by atoms with Crippen LogP contribution in [0.15, 0.2) is 17.0 Å². The Balaban J connectivity index is 2.47. The third-order valence-electron chi connectivity index (χ3n) is 3.34. The zero-order valence-electron chi connectivity index (χ0n) is 10.7. The lowest BCUT2D eigenvalue weighted by atomic mass is 10.1. The van der Waals surface area contributed by atoms with Crippen molar-refractivity contribution in [1.82, 2.24) is 9.62 Å². The Labute approximate surface area is 107 Å². The molecule has 2 rings (SSSR count). The van der Waals surface area contributed by atoms with Crippen molar-refractivity contribution in [3.63, 3.8) is 0 Å². The molecule has 1 aromatic carbocycles. The molecular weight excluding hydrogens is 255 g/mol. The first-order chi connectivity index (χ1) is 8.34. The Bertz CT molecular complexity index is 544. The van der Waals surface area contributed by atoms with Gasteiger partial charge in [0, 0.05) is 26.2 Å². The molecule has 1 aliphatic heterocycles. The summed E-state index contributed by atoms with van der Waals surface area (Å²) in [6, 6.07) is 2.50. The van der Waals surface area contributed by atoms with Crippen LogP contribution in [0.2, 0.25) is 0 Å². The lowest BCUT2D eigenvalue weighted by Crippen LogP contribution is -2.57. The van der Waals surface area contributed by atoms with Crippen LogP contribution in [0.1, 0.15) is 11.1 Å². The maximum absolute atomic E-state index is 13.2. The number of hydrogen-bond donors (Lipinski definition) is 1. The molecule has 1 aliphatic rings. The number of halogens is 1. The highest BCUT2D eigenvalue weighted by molar-refractivity contribution is 7.89. The SMILES string of the molecule is Cc1cc(F)cc(C)c1S(=O)(=O)N(C)C1CNC1. The Morgan fingerprint density at radius 3 is 2.17 bits per heavy atom. The predicted octanol–water partition coefficient (Wildman–Crippen LogP) is 1.03. The molecule has 1 N–H and O–H groups in total. The summed E-state index contributed by atoms with van der Waals surface area (Å²) in [4.78, 5) is 0.221. The Morgan fingerprint density at radius 1 is 1.28 bits per heavy atom. The lowest BCUT2D eigenvalue weighted by molar-refractivity contribution is 0.274. The summed E-state index contributed by atoms with van der Waals surface area (Å²) in [5.41, 5.74) is 0.901. The molecule has 1 heterocycles. The molecule has 0 amide bonds. The summed E-state index contributed by atoms with van der Waals surface area (Å²) in [5, 5.41) is 3.04. The topological polar surface area (TPSA) is 49.4 Å². The molecule has 1 aromatic rings. The van der Waals surface area contributed by atoms with E-state index in [9.17, 15) is 12.8 Å². The largest absolute Gasteiger partial charge is 0.313 e. The van der Waals surface area contributed by atoms with Crippen molar-refractivity contribution in [2.75, 3.05) is 20.1 Å². The van der Waals surface area contributed by atoms with Gasteiger partial charge >= 0.3 is 0 Å². The molecule has 0 atom stereocenters. The quantitative estimate of drug-likeness (QED) is 0.894. The molecule has 18 heavy (non-hydrogen) atoms. The van der Waals surface area contributed by atoms with Crippen LogP contribution in [0, 0.1) is 19.7 Å². The van der Waals surface area contributed by atoms with Gasteiger partial charge in [-0.1, -0.05) is 0 Å². The fourth-order valence-electron chi connectivity index (χ4n) is 2.18. The van der Waals surface area contributed by atoms with E-state index in [2.05, 4.69) is 5.32 Å². The maximum Gasteiger partial charge on any atom is 0.243 e. The monoisotopic (exact) mass is 272 g/mol. The van der Waals surface area contributed by atoms with Gasteiger partial charge in [-0.25, -0.2) is 12.8 Å². The van der Waals surface area contributed by atoms with E-state index in [1.807, 2.05) is 0 Å². The number of sulfonamides is 1. The molecule has 0 spiro atoms. The van der Waals surface area contributed by atoms with Gasteiger partial charge in [0.15, 0.2) is 0 Å². The van der Waals surface area contributed by atoms with Crippen molar-refractivity contribution in [3.8, 4) is 0 Å². The third kappa shape index (κ3) is 2.15. The Morgan fingerprint density at radius 2 is 1.78 bits per heavy atom. The first-order valence-electron chi connectivity index (χ1n) is 5.79. The molecule has 6 heteroatoms. The van der Waals surface area contributed by atoms with Gasteiger partial charge in [0.25, 0.3) is 0 Å². The second kappa shape index (κ2) is 4.60. The molecule has 0 unspecified atom stereocenters. The second-order valence-electron chi connectivity index (χ2n) is 4.70. The first kappa shape index (κ1) is 13.5. The van der Waals surface area contributed by atoms with Gasteiger partial charge in [-0.15, -0.1) is 0 Å². The van der Waals surface area contributed by atoms with Gasteiger partial charge in [-0.3, -0.25) is 0 Å². The van der Waals surface area contributed by atoms with Crippen molar-refractivity contribution >= 4 is 10.0 Å². The van der Waals surface area contributed by atoms with E-state index in [0.717, 1.165) is 0 Å². The van der Waals surface area contributed by atoms with Crippen molar-refractivity contribution in [2.45, 2.75) is 24.8 Å². The highest BCUT2D eigenvalue weighted by Gasteiger charge is 2.33. The Hall–Kier alpha value is -0.980. The van der Waals surface area contributed by atoms with E-state index in [-0.39, 0.29) is 10.9 Å². The first-order valence-corrected chi connectivity index (χ1v) is 7.23. The number of likely N-dealkylation sites (N-methyl/N-ethyl adjacent to an activating group) is 1. The number of benzene rings is 1. The minimum Gasteiger partial charge on any atom is -0.313 e. The van der Waals surface area contributed by atoms with Gasteiger partial charge in [0.2, 0.25) is 10.0 Å². The van der Waals surface area contributed by atoms with Gasteiger partial charge in [0.1, 0.15) is 5.82 Å². The van der Waals surface area contributed by atoms with Crippen LogP contribution in [-0.2, 0) is 10.0 Å². The second-order valence-corrected chi connectivity index (χ2v) is 6.64.